The highest BCUT2D eigenvalue weighted by atomic mass is 35.5. The Kier molecular flexibility index (Phi) is 7.73. The summed E-state index contributed by atoms with van der Waals surface area (Å²) in [5.41, 5.74) is 2.76. The van der Waals surface area contributed by atoms with Crippen molar-refractivity contribution in [1.82, 2.24) is 5.32 Å². The van der Waals surface area contributed by atoms with Gasteiger partial charge in [-0.1, -0.05) is 53.7 Å². The van der Waals surface area contributed by atoms with Crippen LogP contribution in [0.5, 0.6) is 0 Å². The highest BCUT2D eigenvalue weighted by molar-refractivity contribution is 8.03. The van der Waals surface area contributed by atoms with Crippen molar-refractivity contribution >= 4 is 46.5 Å². The van der Waals surface area contributed by atoms with Crippen LogP contribution in [-0.2, 0) is 9.59 Å². The number of carbonyl (C=O) groups excluding carboxylic acids is 3. The first kappa shape index (κ1) is 26.5. The second-order valence-corrected chi connectivity index (χ2v) is 10.7. The van der Waals surface area contributed by atoms with Gasteiger partial charge in [0, 0.05) is 33.8 Å². The molecule has 2 N–H and O–H groups in total. The number of nitriles is 1. The standard InChI is InChI=1S/C30H24ClN3O4S/c1-17-10-13-25(38-17)27-21(15-32)30(34-23-8-5-9-24(35)28(23)27)39-16-26(36)33-22-12-11-19(31)14-20(22)29(37)18-6-3-2-4-7-18/h2-4,6-7,10-14,27,34H,5,8-9,16H2,1H3,(H,33,36). The molecule has 2 aromatic carbocycles. The smallest absolute Gasteiger partial charge is 0.234 e. The number of allylic oxidation sites excluding steroid dienone is 3. The monoisotopic (exact) mass is 557 g/mol. The molecule has 1 amide bonds. The Morgan fingerprint density at radius 3 is 2.67 bits per heavy atom. The van der Waals surface area contributed by atoms with Gasteiger partial charge in [-0.25, -0.2) is 0 Å². The van der Waals surface area contributed by atoms with E-state index >= 15 is 0 Å². The first-order valence-corrected chi connectivity index (χ1v) is 13.8. The molecule has 0 fully saturated rings. The SMILES string of the molecule is Cc1ccc(C2C(C#N)=C(SCC(=O)Nc3ccc(Cl)cc3C(=O)c3ccccc3)NC3=C2C(=O)CCC3)o1. The van der Waals surface area contributed by atoms with E-state index in [9.17, 15) is 19.6 Å². The van der Waals surface area contributed by atoms with Crippen LogP contribution in [0.2, 0.25) is 5.02 Å². The molecule has 196 valence electrons. The highest BCUT2D eigenvalue weighted by Crippen LogP contribution is 2.44. The fraction of sp³-hybridized carbons (Fsp3) is 0.200. The Morgan fingerprint density at radius 1 is 1.15 bits per heavy atom. The number of ketones is 2. The number of hydrogen-bond acceptors (Lipinski definition) is 7. The van der Waals surface area contributed by atoms with E-state index in [1.165, 1.54) is 17.8 Å². The van der Waals surface area contributed by atoms with Crippen LogP contribution in [0, 0.1) is 18.3 Å². The van der Waals surface area contributed by atoms with Crippen molar-refractivity contribution in [1.29, 1.82) is 5.26 Å². The number of thioether (sulfide) groups is 1. The van der Waals surface area contributed by atoms with E-state index in [1.54, 1.807) is 48.5 Å². The van der Waals surface area contributed by atoms with Gasteiger partial charge in [0.05, 0.1) is 34.0 Å². The van der Waals surface area contributed by atoms with Crippen LogP contribution in [0.15, 0.2) is 87.0 Å². The largest absolute Gasteiger partial charge is 0.465 e. The molecule has 0 bridgehead atoms. The average molecular weight is 558 g/mol. The van der Waals surface area contributed by atoms with Crippen LogP contribution in [0.1, 0.15) is 52.6 Å². The number of amides is 1. The first-order valence-electron chi connectivity index (χ1n) is 12.4. The molecule has 1 aliphatic carbocycles. The maximum atomic E-state index is 13.1. The molecule has 2 aliphatic rings. The van der Waals surface area contributed by atoms with Crippen molar-refractivity contribution in [2.24, 2.45) is 0 Å². The molecule has 5 rings (SSSR count). The molecule has 0 radical (unpaired) electrons. The topological polar surface area (TPSA) is 112 Å². The van der Waals surface area contributed by atoms with E-state index in [4.69, 9.17) is 16.0 Å². The maximum Gasteiger partial charge on any atom is 0.234 e. The van der Waals surface area contributed by atoms with Crippen LogP contribution < -0.4 is 10.6 Å². The van der Waals surface area contributed by atoms with Gasteiger partial charge in [0.25, 0.3) is 0 Å². The summed E-state index contributed by atoms with van der Waals surface area (Å²) in [5, 5.41) is 17.1. The van der Waals surface area contributed by atoms with Gasteiger partial charge in [-0.15, -0.1) is 0 Å². The van der Waals surface area contributed by atoms with Gasteiger partial charge in [-0.3, -0.25) is 14.4 Å². The van der Waals surface area contributed by atoms with Crippen LogP contribution in [-0.4, -0.2) is 23.2 Å². The van der Waals surface area contributed by atoms with Crippen molar-refractivity contribution in [2.45, 2.75) is 32.1 Å². The second kappa shape index (κ2) is 11.4. The third kappa shape index (κ3) is 5.56. The minimum Gasteiger partial charge on any atom is -0.465 e. The predicted molar refractivity (Wildman–Crippen MR) is 150 cm³/mol. The van der Waals surface area contributed by atoms with Gasteiger partial charge in [-0.05, 0) is 50.1 Å². The third-order valence-electron chi connectivity index (χ3n) is 6.59. The summed E-state index contributed by atoms with van der Waals surface area (Å²) in [7, 11) is 0. The molecule has 9 heteroatoms. The number of benzene rings is 2. The van der Waals surface area contributed by atoms with E-state index in [0.29, 0.717) is 63.2 Å². The van der Waals surface area contributed by atoms with E-state index < -0.39 is 5.92 Å². The van der Waals surface area contributed by atoms with Gasteiger partial charge in [0.1, 0.15) is 11.5 Å². The number of nitrogens with one attached hydrogen (secondary N) is 2. The number of halogens is 1. The third-order valence-corrected chi connectivity index (χ3v) is 7.84. The predicted octanol–water partition coefficient (Wildman–Crippen LogP) is 6.27. The molecule has 0 saturated carbocycles. The van der Waals surface area contributed by atoms with Crippen molar-refractivity contribution in [2.75, 3.05) is 11.1 Å². The summed E-state index contributed by atoms with van der Waals surface area (Å²) in [6.45, 7) is 1.81. The summed E-state index contributed by atoms with van der Waals surface area (Å²) in [4.78, 5) is 39.0. The molecule has 2 heterocycles. The summed E-state index contributed by atoms with van der Waals surface area (Å²) in [5.74, 6) is -0.0660. The number of rotatable bonds is 7. The number of Topliss-reactive ketones (excluding diaryl/α,β-unsaturated/α-hetero) is 1. The van der Waals surface area contributed by atoms with E-state index in [2.05, 4.69) is 16.7 Å². The Morgan fingerprint density at radius 2 is 1.95 bits per heavy atom. The normalized spacial score (nSPS) is 16.8. The number of nitrogens with zero attached hydrogens (tertiary/aromatic N) is 1. The fourth-order valence-electron chi connectivity index (χ4n) is 4.81. The molecular weight excluding hydrogens is 534 g/mol. The number of carbonyl (C=O) groups is 3. The van der Waals surface area contributed by atoms with Crippen molar-refractivity contribution in [3.63, 3.8) is 0 Å². The fourth-order valence-corrected chi connectivity index (χ4v) is 5.85. The summed E-state index contributed by atoms with van der Waals surface area (Å²) in [6.07, 6.45) is 1.80. The molecular formula is C30H24ClN3O4S. The van der Waals surface area contributed by atoms with Crippen molar-refractivity contribution < 1.29 is 18.8 Å². The minimum absolute atomic E-state index is 0.00398. The zero-order valence-corrected chi connectivity index (χ0v) is 22.6. The highest BCUT2D eigenvalue weighted by Gasteiger charge is 2.38. The summed E-state index contributed by atoms with van der Waals surface area (Å²) >= 11 is 7.33. The van der Waals surface area contributed by atoms with E-state index in [-0.39, 0.29) is 28.8 Å². The van der Waals surface area contributed by atoms with Crippen LogP contribution in [0.25, 0.3) is 0 Å². The Labute approximate surface area is 234 Å². The number of anilines is 1. The lowest BCUT2D eigenvalue weighted by Crippen LogP contribution is -2.31. The van der Waals surface area contributed by atoms with Gasteiger partial charge in [0.15, 0.2) is 11.6 Å². The van der Waals surface area contributed by atoms with Gasteiger partial charge in [0.2, 0.25) is 5.91 Å². The summed E-state index contributed by atoms with van der Waals surface area (Å²) < 4.78 is 5.86. The molecule has 1 aliphatic heterocycles. The van der Waals surface area contributed by atoms with Gasteiger partial charge >= 0.3 is 0 Å². The minimum atomic E-state index is -0.621. The van der Waals surface area contributed by atoms with Gasteiger partial charge < -0.3 is 15.1 Å². The molecule has 3 aromatic rings. The van der Waals surface area contributed by atoms with Crippen LogP contribution in [0.3, 0.4) is 0 Å². The Bertz CT molecular complexity index is 1580. The molecule has 39 heavy (non-hydrogen) atoms. The van der Waals surface area contributed by atoms with Crippen molar-refractivity contribution in [3.8, 4) is 6.07 Å². The molecule has 0 saturated heterocycles. The molecule has 1 aromatic heterocycles. The number of furan rings is 1. The molecule has 1 atom stereocenters. The quantitative estimate of drug-likeness (QED) is 0.329. The lowest BCUT2D eigenvalue weighted by Gasteiger charge is -2.32. The van der Waals surface area contributed by atoms with Gasteiger partial charge in [-0.2, -0.15) is 5.26 Å². The molecule has 7 nitrogen and oxygen atoms in total. The lowest BCUT2D eigenvalue weighted by molar-refractivity contribution is -0.116. The van der Waals surface area contributed by atoms with Crippen LogP contribution in [0.4, 0.5) is 5.69 Å². The first-order chi connectivity index (χ1) is 18.9. The number of aryl methyl sites for hydroxylation is 1. The van der Waals surface area contributed by atoms with E-state index in [1.807, 2.05) is 13.0 Å². The zero-order valence-electron chi connectivity index (χ0n) is 21.0. The van der Waals surface area contributed by atoms with E-state index in [0.717, 1.165) is 5.70 Å². The molecule has 0 spiro atoms. The second-order valence-electron chi connectivity index (χ2n) is 9.25. The Hall–Kier alpha value is -4.06. The number of dihydropyridines is 1. The summed E-state index contributed by atoms with van der Waals surface area (Å²) in [6, 6.07) is 19.3. The Balaban J connectivity index is 1.38. The lowest BCUT2D eigenvalue weighted by atomic mass is 9.79. The van der Waals surface area contributed by atoms with Crippen LogP contribution >= 0.6 is 23.4 Å². The average Bonchev–Trinajstić information content (AvgIpc) is 3.38. The maximum absolute atomic E-state index is 13.1. The van der Waals surface area contributed by atoms with Crippen molar-refractivity contribution in [3.05, 3.63) is 110 Å². The zero-order chi connectivity index (χ0) is 27.5. The molecule has 1 unspecified atom stereocenters. The number of hydrogen-bond donors (Lipinski definition) is 2.